The Labute approximate surface area is 172 Å². The van der Waals surface area contributed by atoms with Gasteiger partial charge in [0.25, 0.3) is 0 Å². The first-order chi connectivity index (χ1) is 13.5. The number of hydrogen-bond donors (Lipinski definition) is 3. The highest BCUT2D eigenvalue weighted by Gasteiger charge is 2.28. The van der Waals surface area contributed by atoms with Crippen molar-refractivity contribution in [1.82, 2.24) is 4.98 Å². The average Bonchev–Trinajstić information content (AvgIpc) is 2.70. The zero-order valence-electron chi connectivity index (χ0n) is 14.9. The number of anilines is 1. The SMILES string of the molecule is N/C(=N\O)c1ccc(NC(=O)C2CCC(Oc3ncc(Cl)cc3Cl)CC2)cc1. The van der Waals surface area contributed by atoms with E-state index in [-0.39, 0.29) is 23.8 Å². The lowest BCUT2D eigenvalue weighted by Gasteiger charge is -2.28. The van der Waals surface area contributed by atoms with Crippen LogP contribution in [0.25, 0.3) is 0 Å². The van der Waals surface area contributed by atoms with Gasteiger partial charge < -0.3 is 21.0 Å². The van der Waals surface area contributed by atoms with Crippen LogP contribution < -0.4 is 15.8 Å². The van der Waals surface area contributed by atoms with Crippen molar-refractivity contribution in [3.05, 3.63) is 52.1 Å². The number of hydrogen-bond acceptors (Lipinski definition) is 5. The molecule has 1 fully saturated rings. The second kappa shape index (κ2) is 9.12. The molecule has 0 bridgehead atoms. The van der Waals surface area contributed by atoms with E-state index in [1.54, 1.807) is 30.3 Å². The first kappa shape index (κ1) is 20.2. The highest BCUT2D eigenvalue weighted by Crippen LogP contribution is 2.31. The van der Waals surface area contributed by atoms with Crippen molar-refractivity contribution >= 4 is 40.6 Å². The number of aromatic nitrogens is 1. The summed E-state index contributed by atoms with van der Waals surface area (Å²) in [5.41, 5.74) is 6.77. The van der Waals surface area contributed by atoms with E-state index >= 15 is 0 Å². The van der Waals surface area contributed by atoms with Crippen LogP contribution in [0.4, 0.5) is 5.69 Å². The zero-order valence-corrected chi connectivity index (χ0v) is 16.5. The molecule has 1 amide bonds. The van der Waals surface area contributed by atoms with Gasteiger partial charge in [-0.05, 0) is 56.0 Å². The Balaban J connectivity index is 1.51. The van der Waals surface area contributed by atoms with E-state index in [4.69, 9.17) is 38.9 Å². The normalized spacial score (nSPS) is 19.9. The van der Waals surface area contributed by atoms with Crippen molar-refractivity contribution in [1.29, 1.82) is 0 Å². The summed E-state index contributed by atoms with van der Waals surface area (Å²) in [6.07, 6.45) is 4.36. The average molecular weight is 423 g/mol. The Hall–Kier alpha value is -2.51. The van der Waals surface area contributed by atoms with E-state index < -0.39 is 0 Å². The smallest absolute Gasteiger partial charge is 0.232 e. The summed E-state index contributed by atoms with van der Waals surface area (Å²) in [5, 5.41) is 15.4. The minimum atomic E-state index is -0.0859. The molecule has 0 radical (unpaired) electrons. The number of rotatable bonds is 5. The highest BCUT2D eigenvalue weighted by atomic mass is 35.5. The molecule has 2 aromatic rings. The molecule has 1 heterocycles. The molecule has 1 aromatic heterocycles. The minimum Gasteiger partial charge on any atom is -0.473 e. The van der Waals surface area contributed by atoms with Crippen molar-refractivity contribution in [2.75, 3.05) is 5.32 Å². The van der Waals surface area contributed by atoms with E-state index in [0.29, 0.717) is 40.0 Å². The van der Waals surface area contributed by atoms with E-state index in [1.807, 2.05) is 0 Å². The van der Waals surface area contributed by atoms with Crippen LogP contribution in [0.3, 0.4) is 0 Å². The maximum Gasteiger partial charge on any atom is 0.232 e. The van der Waals surface area contributed by atoms with Crippen molar-refractivity contribution in [2.24, 2.45) is 16.8 Å². The Kier molecular flexibility index (Phi) is 6.59. The lowest BCUT2D eigenvalue weighted by Crippen LogP contribution is -2.31. The number of nitrogens with one attached hydrogen (secondary N) is 1. The molecule has 0 atom stereocenters. The number of pyridine rings is 1. The predicted molar refractivity (Wildman–Crippen MR) is 108 cm³/mol. The Bertz CT molecular complexity index is 866. The molecular weight excluding hydrogens is 403 g/mol. The molecular formula is C19H20Cl2N4O3. The fourth-order valence-electron chi connectivity index (χ4n) is 3.12. The molecule has 3 rings (SSSR count). The van der Waals surface area contributed by atoms with Gasteiger partial charge in [-0.2, -0.15) is 0 Å². The number of carbonyl (C=O) groups is 1. The third-order valence-electron chi connectivity index (χ3n) is 4.65. The van der Waals surface area contributed by atoms with Crippen LogP contribution in [0, 0.1) is 5.92 Å². The van der Waals surface area contributed by atoms with Crippen LogP contribution in [0.2, 0.25) is 10.0 Å². The lowest BCUT2D eigenvalue weighted by atomic mass is 9.86. The summed E-state index contributed by atoms with van der Waals surface area (Å²) in [7, 11) is 0. The van der Waals surface area contributed by atoms with Gasteiger partial charge in [-0.15, -0.1) is 0 Å². The first-order valence-electron chi connectivity index (χ1n) is 8.83. The van der Waals surface area contributed by atoms with Gasteiger partial charge in [0.1, 0.15) is 11.1 Å². The maximum atomic E-state index is 12.5. The van der Waals surface area contributed by atoms with Crippen LogP contribution in [-0.4, -0.2) is 28.0 Å². The lowest BCUT2D eigenvalue weighted by molar-refractivity contribution is -0.121. The molecule has 7 nitrogen and oxygen atoms in total. The number of benzene rings is 1. The van der Waals surface area contributed by atoms with Gasteiger partial charge in [0.15, 0.2) is 5.84 Å². The molecule has 0 unspecified atom stereocenters. The highest BCUT2D eigenvalue weighted by molar-refractivity contribution is 6.35. The third-order valence-corrected chi connectivity index (χ3v) is 5.13. The van der Waals surface area contributed by atoms with Gasteiger partial charge in [0.05, 0.1) is 5.02 Å². The number of nitrogens with two attached hydrogens (primary N) is 1. The Morgan fingerprint density at radius 3 is 2.50 bits per heavy atom. The number of ether oxygens (including phenoxy) is 1. The Morgan fingerprint density at radius 1 is 1.21 bits per heavy atom. The quantitative estimate of drug-likeness (QED) is 0.291. The number of carbonyl (C=O) groups excluding carboxylic acids is 1. The zero-order chi connectivity index (χ0) is 20.1. The summed E-state index contributed by atoms with van der Waals surface area (Å²) in [6, 6.07) is 8.38. The van der Waals surface area contributed by atoms with Gasteiger partial charge in [-0.3, -0.25) is 4.79 Å². The van der Waals surface area contributed by atoms with Gasteiger partial charge in [-0.1, -0.05) is 28.4 Å². The van der Waals surface area contributed by atoms with Gasteiger partial charge >= 0.3 is 0 Å². The number of halogens is 2. The summed E-state index contributed by atoms with van der Waals surface area (Å²) < 4.78 is 5.86. The molecule has 9 heteroatoms. The molecule has 0 saturated heterocycles. The molecule has 1 aliphatic rings. The van der Waals surface area contributed by atoms with Crippen molar-refractivity contribution in [2.45, 2.75) is 31.8 Å². The number of amides is 1. The van der Waals surface area contributed by atoms with E-state index in [1.165, 1.54) is 6.20 Å². The topological polar surface area (TPSA) is 110 Å². The molecule has 1 saturated carbocycles. The predicted octanol–water partition coefficient (Wildman–Crippen LogP) is 4.06. The van der Waals surface area contributed by atoms with Gasteiger partial charge in [-0.25, -0.2) is 4.98 Å². The third kappa shape index (κ3) is 5.05. The molecule has 1 aliphatic carbocycles. The van der Waals surface area contributed by atoms with Gasteiger partial charge in [0, 0.05) is 23.4 Å². The standard InChI is InChI=1S/C19H20Cl2N4O3/c20-13-9-16(21)19(23-10-13)28-15-7-3-12(4-8-15)18(26)24-14-5-1-11(2-6-14)17(22)25-27/h1-2,5-6,9-10,12,15,27H,3-4,7-8H2,(H2,22,25)(H,24,26). The molecule has 1 aromatic carbocycles. The summed E-state index contributed by atoms with van der Waals surface area (Å²) in [5.74, 6) is 0.270. The van der Waals surface area contributed by atoms with Gasteiger partial charge in [0.2, 0.25) is 11.8 Å². The van der Waals surface area contributed by atoms with Crippen LogP contribution in [0.5, 0.6) is 5.88 Å². The van der Waals surface area contributed by atoms with Crippen LogP contribution >= 0.6 is 23.2 Å². The molecule has 0 spiro atoms. The van der Waals surface area contributed by atoms with Crippen LogP contribution in [0.1, 0.15) is 31.2 Å². The van der Waals surface area contributed by atoms with E-state index in [2.05, 4.69) is 15.5 Å². The summed E-state index contributed by atoms with van der Waals surface area (Å²) in [4.78, 5) is 16.6. The molecule has 4 N–H and O–H groups in total. The van der Waals surface area contributed by atoms with Crippen molar-refractivity contribution in [3.8, 4) is 5.88 Å². The molecule has 0 aliphatic heterocycles. The number of nitrogens with zero attached hydrogens (tertiary/aromatic N) is 2. The summed E-state index contributed by atoms with van der Waals surface area (Å²) in [6.45, 7) is 0. The second-order valence-electron chi connectivity index (χ2n) is 6.58. The first-order valence-corrected chi connectivity index (χ1v) is 9.58. The van der Waals surface area contributed by atoms with E-state index in [9.17, 15) is 4.79 Å². The maximum absolute atomic E-state index is 12.5. The second-order valence-corrected chi connectivity index (χ2v) is 7.43. The monoisotopic (exact) mass is 422 g/mol. The largest absolute Gasteiger partial charge is 0.473 e. The minimum absolute atomic E-state index is 0.0199. The van der Waals surface area contributed by atoms with Crippen molar-refractivity contribution in [3.63, 3.8) is 0 Å². The van der Waals surface area contributed by atoms with Crippen LogP contribution in [0.15, 0.2) is 41.7 Å². The number of amidine groups is 1. The van der Waals surface area contributed by atoms with Crippen molar-refractivity contribution < 1.29 is 14.7 Å². The van der Waals surface area contributed by atoms with Crippen LogP contribution in [-0.2, 0) is 4.79 Å². The molecule has 148 valence electrons. The summed E-state index contributed by atoms with van der Waals surface area (Å²) >= 11 is 11.9. The van der Waals surface area contributed by atoms with E-state index in [0.717, 1.165) is 12.8 Å². The fourth-order valence-corrected chi connectivity index (χ4v) is 3.54. The fraction of sp³-hybridized carbons (Fsp3) is 0.316. The molecule has 28 heavy (non-hydrogen) atoms. The Morgan fingerprint density at radius 2 is 1.89 bits per heavy atom. The number of oxime groups is 1.